The van der Waals surface area contributed by atoms with E-state index in [2.05, 4.69) is 9.30 Å². The smallest absolute Gasteiger partial charge is 0.256 e. The molecule has 0 saturated carbocycles. The van der Waals surface area contributed by atoms with Gasteiger partial charge in [0.15, 0.2) is 0 Å². The number of benzene rings is 1. The third-order valence-electron chi connectivity index (χ3n) is 5.27. The molecule has 3 aliphatic heterocycles. The maximum Gasteiger partial charge on any atom is 0.256 e. The van der Waals surface area contributed by atoms with Crippen LogP contribution in [0.2, 0.25) is 5.02 Å². The van der Waals surface area contributed by atoms with Gasteiger partial charge in [-0.15, -0.1) is 4.40 Å². The van der Waals surface area contributed by atoms with E-state index in [4.69, 9.17) is 11.6 Å². The van der Waals surface area contributed by atoms with Crippen LogP contribution in [0.5, 0.6) is 0 Å². The monoisotopic (exact) mass is 434 g/mol. The average Bonchev–Trinajstić information content (AvgIpc) is 2.94. The largest absolute Gasteiger partial charge is 0.337 e. The van der Waals surface area contributed by atoms with Gasteiger partial charge in [-0.2, -0.15) is 0 Å². The quantitative estimate of drug-likeness (QED) is 0.726. The number of nitrogens with zero attached hydrogens (tertiary/aromatic N) is 4. The zero-order valence-corrected chi connectivity index (χ0v) is 17.6. The summed E-state index contributed by atoms with van der Waals surface area (Å²) < 4.78 is 27.0. The number of carbonyl (C=O) groups is 1. The van der Waals surface area contributed by atoms with Crippen molar-refractivity contribution in [2.45, 2.75) is 13.0 Å². The molecule has 1 saturated heterocycles. The lowest BCUT2D eigenvalue weighted by Crippen LogP contribution is -2.40. The van der Waals surface area contributed by atoms with E-state index in [-0.39, 0.29) is 11.7 Å². The third-order valence-corrected chi connectivity index (χ3v) is 6.68. The number of amides is 1. The molecule has 1 aromatic rings. The van der Waals surface area contributed by atoms with Crippen LogP contribution in [0.15, 0.2) is 52.6 Å². The predicted octanol–water partition coefficient (Wildman–Crippen LogP) is 1.87. The number of halogens is 1. The van der Waals surface area contributed by atoms with Crippen molar-refractivity contribution in [2.24, 2.45) is 4.40 Å². The first kappa shape index (κ1) is 20.1. The van der Waals surface area contributed by atoms with Crippen LogP contribution in [0.1, 0.15) is 12.0 Å². The molecular formula is C20H23ClN4O3S. The molecule has 0 N–H and O–H groups in total. The van der Waals surface area contributed by atoms with Crippen LogP contribution in [-0.4, -0.2) is 73.3 Å². The van der Waals surface area contributed by atoms with Gasteiger partial charge >= 0.3 is 0 Å². The van der Waals surface area contributed by atoms with Gasteiger partial charge in [0.2, 0.25) is 0 Å². The van der Waals surface area contributed by atoms with Crippen molar-refractivity contribution in [1.82, 2.24) is 14.7 Å². The Morgan fingerprint density at radius 3 is 2.62 bits per heavy atom. The molecule has 1 amide bonds. The van der Waals surface area contributed by atoms with Crippen LogP contribution < -0.4 is 0 Å². The van der Waals surface area contributed by atoms with Gasteiger partial charge in [-0.05, 0) is 36.3 Å². The van der Waals surface area contributed by atoms with E-state index >= 15 is 0 Å². The van der Waals surface area contributed by atoms with Crippen molar-refractivity contribution in [3.63, 3.8) is 0 Å². The minimum absolute atomic E-state index is 0.0259. The van der Waals surface area contributed by atoms with E-state index < -0.39 is 10.0 Å². The normalized spacial score (nSPS) is 21.8. The third kappa shape index (κ3) is 4.88. The molecule has 4 rings (SSSR count). The lowest BCUT2D eigenvalue weighted by Gasteiger charge is -2.29. The molecule has 0 aromatic heterocycles. The first-order valence-corrected chi connectivity index (χ1v) is 11.6. The molecule has 0 atom stereocenters. The second-order valence-electron chi connectivity index (χ2n) is 7.40. The fraction of sp³-hybridized carbons (Fsp3) is 0.400. The highest BCUT2D eigenvalue weighted by atomic mass is 35.5. The summed E-state index contributed by atoms with van der Waals surface area (Å²) in [6.45, 7) is 4.26. The Morgan fingerprint density at radius 1 is 1.03 bits per heavy atom. The highest BCUT2D eigenvalue weighted by Crippen LogP contribution is 2.19. The molecule has 0 radical (unpaired) electrons. The molecule has 0 aliphatic carbocycles. The summed E-state index contributed by atoms with van der Waals surface area (Å²) in [6.07, 6.45) is 5.89. The van der Waals surface area contributed by atoms with E-state index in [1.807, 2.05) is 29.2 Å². The van der Waals surface area contributed by atoms with Gasteiger partial charge in [0.05, 0.1) is 11.3 Å². The summed E-state index contributed by atoms with van der Waals surface area (Å²) in [4.78, 5) is 19.0. The van der Waals surface area contributed by atoms with Gasteiger partial charge in [0.25, 0.3) is 15.9 Å². The highest BCUT2D eigenvalue weighted by molar-refractivity contribution is 7.90. The molecule has 1 fully saturated rings. The van der Waals surface area contributed by atoms with Crippen LogP contribution in [0, 0.1) is 0 Å². The number of hydrogen-bond donors (Lipinski definition) is 0. The molecule has 3 heterocycles. The van der Waals surface area contributed by atoms with Gasteiger partial charge in [0.1, 0.15) is 5.84 Å². The summed E-state index contributed by atoms with van der Waals surface area (Å²) in [6, 6.07) is 7.86. The number of carbonyl (C=O) groups excluding carboxylic acids is 1. The zero-order valence-electron chi connectivity index (χ0n) is 16.0. The van der Waals surface area contributed by atoms with Gasteiger partial charge in [-0.1, -0.05) is 23.7 Å². The van der Waals surface area contributed by atoms with Crippen molar-refractivity contribution in [3.8, 4) is 0 Å². The average molecular weight is 435 g/mol. The summed E-state index contributed by atoms with van der Waals surface area (Å²) in [5.74, 6) is 0.311. The highest BCUT2D eigenvalue weighted by Gasteiger charge is 2.27. The standard InChI is InChI=1S/C20H23ClN4O3S/c21-18-5-2-16(3-6-18)14-23-8-1-9-24(11-10-23)20(26)17-4-7-19-22-29(27,28)13-12-25(19)15-17/h2-7,15H,1,8-14H2. The van der Waals surface area contributed by atoms with E-state index in [9.17, 15) is 13.2 Å². The Morgan fingerprint density at radius 2 is 1.83 bits per heavy atom. The lowest BCUT2D eigenvalue weighted by molar-refractivity contribution is -0.126. The van der Waals surface area contributed by atoms with Gasteiger partial charge in [-0.3, -0.25) is 9.69 Å². The van der Waals surface area contributed by atoms with Crippen LogP contribution >= 0.6 is 11.6 Å². The van der Waals surface area contributed by atoms with Crippen molar-refractivity contribution in [2.75, 3.05) is 38.5 Å². The van der Waals surface area contributed by atoms with E-state index in [1.54, 1.807) is 23.3 Å². The molecular weight excluding hydrogens is 412 g/mol. The molecule has 29 heavy (non-hydrogen) atoms. The molecule has 3 aliphatic rings. The lowest BCUT2D eigenvalue weighted by atomic mass is 10.1. The van der Waals surface area contributed by atoms with E-state index in [1.165, 1.54) is 5.56 Å². The molecule has 9 heteroatoms. The van der Waals surface area contributed by atoms with Crippen molar-refractivity contribution < 1.29 is 13.2 Å². The number of amidine groups is 1. The van der Waals surface area contributed by atoms with Gasteiger partial charge in [0, 0.05) is 50.5 Å². The zero-order chi connectivity index (χ0) is 20.4. The number of rotatable bonds is 3. The Kier molecular flexibility index (Phi) is 5.76. The van der Waals surface area contributed by atoms with Crippen LogP contribution in [0.4, 0.5) is 0 Å². The summed E-state index contributed by atoms with van der Waals surface area (Å²) in [5, 5.41) is 0.731. The molecule has 0 unspecified atom stereocenters. The van der Waals surface area contributed by atoms with Crippen LogP contribution in [0.25, 0.3) is 0 Å². The summed E-state index contributed by atoms with van der Waals surface area (Å²) in [5.41, 5.74) is 1.77. The van der Waals surface area contributed by atoms with Crippen LogP contribution in [0.3, 0.4) is 0 Å². The summed E-state index contributed by atoms with van der Waals surface area (Å²) in [7, 11) is -3.39. The van der Waals surface area contributed by atoms with Crippen LogP contribution in [-0.2, 0) is 21.4 Å². The van der Waals surface area contributed by atoms with E-state index in [0.717, 1.165) is 31.1 Å². The Bertz CT molecular complexity index is 985. The molecule has 0 bridgehead atoms. The SMILES string of the molecule is O=C(C1=CN2CCS(=O)(=O)N=C2C=C1)N1CCCN(Cc2ccc(Cl)cc2)CC1. The predicted molar refractivity (Wildman–Crippen MR) is 113 cm³/mol. The van der Waals surface area contributed by atoms with Crippen molar-refractivity contribution >= 4 is 33.4 Å². The van der Waals surface area contributed by atoms with Gasteiger partial charge < -0.3 is 9.80 Å². The van der Waals surface area contributed by atoms with Gasteiger partial charge in [-0.25, -0.2) is 8.42 Å². The van der Waals surface area contributed by atoms with Crippen molar-refractivity contribution in [1.29, 1.82) is 0 Å². The first-order valence-electron chi connectivity index (χ1n) is 9.65. The molecule has 154 valence electrons. The topological polar surface area (TPSA) is 73.3 Å². The summed E-state index contributed by atoms with van der Waals surface area (Å²) >= 11 is 5.96. The molecule has 7 nitrogen and oxygen atoms in total. The Hall–Kier alpha value is -2.16. The number of fused-ring (bicyclic) bond motifs is 1. The van der Waals surface area contributed by atoms with Crippen molar-refractivity contribution in [3.05, 3.63) is 58.8 Å². The fourth-order valence-electron chi connectivity index (χ4n) is 3.69. The number of sulfonamides is 1. The molecule has 1 aromatic carbocycles. The Balaban J connectivity index is 1.38. The maximum atomic E-state index is 13.0. The van der Waals surface area contributed by atoms with E-state index in [0.29, 0.717) is 31.0 Å². The Labute approximate surface area is 176 Å². The fourth-order valence-corrected chi connectivity index (χ4v) is 4.79. The second kappa shape index (κ2) is 8.30. The minimum atomic E-state index is -3.39. The second-order valence-corrected chi connectivity index (χ2v) is 9.59. The number of hydrogen-bond acceptors (Lipinski definition) is 5. The molecule has 0 spiro atoms. The minimum Gasteiger partial charge on any atom is -0.337 e. The maximum absolute atomic E-state index is 13.0. The first-order chi connectivity index (χ1) is 13.9.